The second-order valence-corrected chi connectivity index (χ2v) is 4.63. The molecule has 0 aliphatic rings. The van der Waals surface area contributed by atoms with Gasteiger partial charge < -0.3 is 10.2 Å². The summed E-state index contributed by atoms with van der Waals surface area (Å²) in [5, 5.41) is 4.03. The second-order valence-electron chi connectivity index (χ2n) is 4.19. The molecular weight excluding hydrogens is 220 g/mol. The molecule has 0 aliphatic heterocycles. The van der Waals surface area contributed by atoms with Crippen molar-refractivity contribution < 1.29 is 0 Å². The molecule has 0 fully saturated rings. The monoisotopic (exact) mass is 240 g/mol. The van der Waals surface area contributed by atoms with E-state index in [4.69, 9.17) is 11.6 Å². The zero-order valence-corrected chi connectivity index (χ0v) is 11.1. The Balaban J connectivity index is 2.56. The van der Waals surface area contributed by atoms with Gasteiger partial charge in [-0.15, -0.1) is 0 Å². The number of rotatable bonds is 6. The molecular formula is C13H21ClN2. The van der Waals surface area contributed by atoms with Gasteiger partial charge in [0, 0.05) is 24.3 Å². The molecule has 1 aromatic rings. The predicted octanol–water partition coefficient (Wildman–Crippen LogP) is 3.02. The molecule has 0 aliphatic carbocycles. The van der Waals surface area contributed by atoms with Crippen molar-refractivity contribution in [1.82, 2.24) is 5.32 Å². The Kier molecular flexibility index (Phi) is 5.64. The summed E-state index contributed by atoms with van der Waals surface area (Å²) in [7, 11) is 4.13. The van der Waals surface area contributed by atoms with Crippen LogP contribution in [0.5, 0.6) is 0 Å². The topological polar surface area (TPSA) is 15.3 Å². The van der Waals surface area contributed by atoms with Gasteiger partial charge in [-0.25, -0.2) is 0 Å². The lowest BCUT2D eigenvalue weighted by molar-refractivity contribution is 0.485. The molecule has 0 amide bonds. The Hall–Kier alpha value is -0.730. The molecule has 1 aromatic carbocycles. The van der Waals surface area contributed by atoms with Gasteiger partial charge in [-0.05, 0) is 43.8 Å². The first-order valence-electron chi connectivity index (χ1n) is 5.78. The standard InChI is InChI=1S/C13H21ClN2/c1-4-11(9-15-2)10-16(3)13-7-5-12(14)6-8-13/h5-8,11,15H,4,9-10H2,1-3H3. The highest BCUT2D eigenvalue weighted by molar-refractivity contribution is 6.30. The molecule has 0 bridgehead atoms. The van der Waals surface area contributed by atoms with Crippen LogP contribution in [0, 0.1) is 5.92 Å². The molecule has 1 rings (SSSR count). The van der Waals surface area contributed by atoms with Crippen molar-refractivity contribution in [2.75, 3.05) is 32.1 Å². The van der Waals surface area contributed by atoms with Crippen LogP contribution in [-0.4, -0.2) is 27.2 Å². The van der Waals surface area contributed by atoms with Gasteiger partial charge >= 0.3 is 0 Å². The maximum atomic E-state index is 5.87. The van der Waals surface area contributed by atoms with Gasteiger partial charge in [0.15, 0.2) is 0 Å². The Morgan fingerprint density at radius 3 is 2.44 bits per heavy atom. The number of nitrogens with zero attached hydrogens (tertiary/aromatic N) is 1. The average molecular weight is 241 g/mol. The molecule has 0 saturated heterocycles. The average Bonchev–Trinajstić information content (AvgIpc) is 2.29. The molecule has 90 valence electrons. The van der Waals surface area contributed by atoms with E-state index in [1.807, 2.05) is 19.2 Å². The molecule has 1 atom stereocenters. The Morgan fingerprint density at radius 1 is 1.31 bits per heavy atom. The first kappa shape index (κ1) is 13.3. The van der Waals surface area contributed by atoms with Crippen LogP contribution >= 0.6 is 11.6 Å². The minimum absolute atomic E-state index is 0.686. The van der Waals surface area contributed by atoms with Crippen molar-refractivity contribution in [3.8, 4) is 0 Å². The summed E-state index contributed by atoms with van der Waals surface area (Å²) in [5.41, 5.74) is 1.22. The smallest absolute Gasteiger partial charge is 0.0407 e. The molecule has 0 heterocycles. The van der Waals surface area contributed by atoms with Crippen LogP contribution in [0.1, 0.15) is 13.3 Å². The van der Waals surface area contributed by atoms with E-state index in [0.29, 0.717) is 5.92 Å². The van der Waals surface area contributed by atoms with Crippen molar-refractivity contribution in [1.29, 1.82) is 0 Å². The van der Waals surface area contributed by atoms with E-state index in [9.17, 15) is 0 Å². The van der Waals surface area contributed by atoms with Crippen LogP contribution in [0.2, 0.25) is 5.02 Å². The van der Waals surface area contributed by atoms with Gasteiger partial charge in [-0.3, -0.25) is 0 Å². The maximum absolute atomic E-state index is 5.87. The lowest BCUT2D eigenvalue weighted by Crippen LogP contribution is -2.30. The van der Waals surface area contributed by atoms with E-state index in [2.05, 4.69) is 36.3 Å². The molecule has 0 saturated carbocycles. The molecule has 16 heavy (non-hydrogen) atoms. The van der Waals surface area contributed by atoms with Crippen molar-refractivity contribution in [3.63, 3.8) is 0 Å². The van der Waals surface area contributed by atoms with Gasteiger partial charge in [-0.2, -0.15) is 0 Å². The van der Waals surface area contributed by atoms with Crippen molar-refractivity contribution in [3.05, 3.63) is 29.3 Å². The number of anilines is 1. The molecule has 0 aromatic heterocycles. The largest absolute Gasteiger partial charge is 0.374 e. The maximum Gasteiger partial charge on any atom is 0.0407 e. The summed E-state index contributed by atoms with van der Waals surface area (Å²) in [6.45, 7) is 4.37. The van der Waals surface area contributed by atoms with Gasteiger partial charge in [0.1, 0.15) is 0 Å². The number of hydrogen-bond acceptors (Lipinski definition) is 2. The summed E-state index contributed by atoms with van der Waals surface area (Å²) >= 11 is 5.87. The highest BCUT2D eigenvalue weighted by Gasteiger charge is 2.09. The van der Waals surface area contributed by atoms with E-state index in [-0.39, 0.29) is 0 Å². The first-order chi connectivity index (χ1) is 7.67. The zero-order chi connectivity index (χ0) is 12.0. The van der Waals surface area contributed by atoms with Crippen LogP contribution in [-0.2, 0) is 0 Å². The highest BCUT2D eigenvalue weighted by atomic mass is 35.5. The molecule has 1 unspecified atom stereocenters. The fourth-order valence-electron chi connectivity index (χ4n) is 1.81. The number of hydrogen-bond donors (Lipinski definition) is 1. The van der Waals surface area contributed by atoms with E-state index >= 15 is 0 Å². The first-order valence-corrected chi connectivity index (χ1v) is 6.16. The molecule has 0 radical (unpaired) electrons. The minimum atomic E-state index is 0.686. The Morgan fingerprint density at radius 2 is 1.94 bits per heavy atom. The normalized spacial score (nSPS) is 12.5. The molecule has 1 N–H and O–H groups in total. The van der Waals surface area contributed by atoms with Crippen LogP contribution < -0.4 is 10.2 Å². The Labute approximate surface area is 104 Å². The second kappa shape index (κ2) is 6.77. The fourth-order valence-corrected chi connectivity index (χ4v) is 1.94. The quantitative estimate of drug-likeness (QED) is 0.823. The van der Waals surface area contributed by atoms with Crippen LogP contribution in [0.4, 0.5) is 5.69 Å². The number of nitrogens with one attached hydrogen (secondary N) is 1. The number of benzene rings is 1. The van der Waals surface area contributed by atoms with Crippen LogP contribution in [0.3, 0.4) is 0 Å². The highest BCUT2D eigenvalue weighted by Crippen LogP contribution is 2.18. The third-order valence-corrected chi connectivity index (χ3v) is 3.12. The Bertz CT molecular complexity index is 297. The van der Waals surface area contributed by atoms with Crippen molar-refractivity contribution in [2.45, 2.75) is 13.3 Å². The predicted molar refractivity (Wildman–Crippen MR) is 72.4 cm³/mol. The SMILES string of the molecule is CCC(CNC)CN(C)c1ccc(Cl)cc1. The summed E-state index contributed by atoms with van der Waals surface area (Å²) in [4.78, 5) is 2.28. The van der Waals surface area contributed by atoms with Crippen LogP contribution in [0.15, 0.2) is 24.3 Å². The number of halogens is 1. The summed E-state index contributed by atoms with van der Waals surface area (Å²) in [6, 6.07) is 8.00. The van der Waals surface area contributed by atoms with E-state index in [1.54, 1.807) is 0 Å². The van der Waals surface area contributed by atoms with Gasteiger partial charge in [-0.1, -0.05) is 24.9 Å². The van der Waals surface area contributed by atoms with Gasteiger partial charge in [0.2, 0.25) is 0 Å². The van der Waals surface area contributed by atoms with E-state index in [1.165, 1.54) is 12.1 Å². The van der Waals surface area contributed by atoms with Crippen molar-refractivity contribution >= 4 is 17.3 Å². The third kappa shape index (κ3) is 4.03. The lowest BCUT2D eigenvalue weighted by Gasteiger charge is -2.25. The third-order valence-electron chi connectivity index (χ3n) is 2.87. The van der Waals surface area contributed by atoms with Crippen molar-refractivity contribution in [2.24, 2.45) is 5.92 Å². The van der Waals surface area contributed by atoms with Crippen LogP contribution in [0.25, 0.3) is 0 Å². The van der Waals surface area contributed by atoms with Gasteiger partial charge in [0.05, 0.1) is 0 Å². The lowest BCUT2D eigenvalue weighted by atomic mass is 10.1. The van der Waals surface area contributed by atoms with Gasteiger partial charge in [0.25, 0.3) is 0 Å². The van der Waals surface area contributed by atoms with E-state index in [0.717, 1.165) is 18.1 Å². The molecule has 2 nitrogen and oxygen atoms in total. The summed E-state index contributed by atoms with van der Waals surface area (Å²) < 4.78 is 0. The summed E-state index contributed by atoms with van der Waals surface area (Å²) in [6.07, 6.45) is 1.19. The van der Waals surface area contributed by atoms with E-state index < -0.39 is 0 Å². The molecule has 0 spiro atoms. The summed E-state index contributed by atoms with van der Waals surface area (Å²) in [5.74, 6) is 0.686. The molecule has 3 heteroatoms. The minimum Gasteiger partial charge on any atom is -0.374 e. The zero-order valence-electron chi connectivity index (χ0n) is 10.3. The fraction of sp³-hybridized carbons (Fsp3) is 0.538.